The first-order valence-corrected chi connectivity index (χ1v) is 7.99. The maximum Gasteiger partial charge on any atom is 0.225 e. The summed E-state index contributed by atoms with van der Waals surface area (Å²) in [7, 11) is 0. The maximum atomic E-state index is 4.62. The van der Waals surface area contributed by atoms with Crippen molar-refractivity contribution in [1.29, 1.82) is 0 Å². The highest BCUT2D eigenvalue weighted by Gasteiger charge is 2.07. The van der Waals surface area contributed by atoms with Crippen LogP contribution >= 0.6 is 0 Å². The van der Waals surface area contributed by atoms with Gasteiger partial charge in [0.15, 0.2) is 0 Å². The Hall–Kier alpha value is -2.10. The van der Waals surface area contributed by atoms with Crippen LogP contribution in [0.1, 0.15) is 34.1 Å². The molecule has 2 rings (SSSR count). The molecular formula is C18H26N4. The van der Waals surface area contributed by atoms with E-state index in [1.54, 1.807) is 0 Å². The van der Waals surface area contributed by atoms with Gasteiger partial charge in [0.05, 0.1) is 5.69 Å². The summed E-state index contributed by atoms with van der Waals surface area (Å²) in [4.78, 5) is 9.19. The molecule has 0 bridgehead atoms. The molecule has 0 amide bonds. The molecule has 1 aromatic carbocycles. The third-order valence-electron chi connectivity index (χ3n) is 3.24. The van der Waals surface area contributed by atoms with Gasteiger partial charge in [-0.15, -0.1) is 0 Å². The first-order chi connectivity index (χ1) is 10.5. The molecule has 118 valence electrons. The van der Waals surface area contributed by atoms with Crippen LogP contribution in [0.5, 0.6) is 0 Å². The van der Waals surface area contributed by atoms with E-state index >= 15 is 0 Å². The molecule has 0 aliphatic carbocycles. The third-order valence-corrected chi connectivity index (χ3v) is 3.24. The Kier molecular flexibility index (Phi) is 5.75. The zero-order chi connectivity index (χ0) is 15.9. The van der Waals surface area contributed by atoms with Crippen molar-refractivity contribution in [1.82, 2.24) is 9.97 Å². The molecule has 4 nitrogen and oxygen atoms in total. The van der Waals surface area contributed by atoms with E-state index in [9.17, 15) is 0 Å². The Labute approximate surface area is 133 Å². The van der Waals surface area contributed by atoms with Gasteiger partial charge in [0.25, 0.3) is 0 Å². The number of nitrogens with one attached hydrogen (secondary N) is 2. The van der Waals surface area contributed by atoms with E-state index in [0.717, 1.165) is 30.0 Å². The predicted octanol–water partition coefficient (Wildman–Crippen LogP) is 4.42. The Morgan fingerprint density at radius 2 is 1.73 bits per heavy atom. The van der Waals surface area contributed by atoms with Gasteiger partial charge >= 0.3 is 0 Å². The number of anilines is 2. The monoisotopic (exact) mass is 298 g/mol. The molecule has 0 atom stereocenters. The predicted molar refractivity (Wildman–Crippen MR) is 94.2 cm³/mol. The Morgan fingerprint density at radius 3 is 2.36 bits per heavy atom. The Balaban J connectivity index is 2.24. The molecule has 0 aliphatic rings. The van der Waals surface area contributed by atoms with Gasteiger partial charge in [-0.05, 0) is 26.2 Å². The van der Waals surface area contributed by atoms with Gasteiger partial charge < -0.3 is 10.6 Å². The van der Waals surface area contributed by atoms with Crippen LogP contribution < -0.4 is 10.6 Å². The molecule has 2 aromatic rings. The summed E-state index contributed by atoms with van der Waals surface area (Å²) in [6, 6.07) is 12.5. The second-order valence-electron chi connectivity index (χ2n) is 6.24. The fraction of sp³-hybridized carbons (Fsp3) is 0.444. The van der Waals surface area contributed by atoms with Gasteiger partial charge in [-0.1, -0.05) is 44.2 Å². The maximum absolute atomic E-state index is 4.62. The van der Waals surface area contributed by atoms with Crippen LogP contribution in [0.25, 0.3) is 11.3 Å². The van der Waals surface area contributed by atoms with Crippen LogP contribution in [0, 0.1) is 5.92 Å². The van der Waals surface area contributed by atoms with E-state index in [1.807, 2.05) is 24.3 Å². The van der Waals surface area contributed by atoms with E-state index in [0.29, 0.717) is 17.9 Å². The van der Waals surface area contributed by atoms with Crippen LogP contribution in [0.4, 0.5) is 11.8 Å². The highest BCUT2D eigenvalue weighted by Crippen LogP contribution is 2.21. The summed E-state index contributed by atoms with van der Waals surface area (Å²) in [5.74, 6) is 2.22. The van der Waals surface area contributed by atoms with Crippen molar-refractivity contribution in [3.63, 3.8) is 0 Å². The Morgan fingerprint density at radius 1 is 1.00 bits per heavy atom. The summed E-state index contributed by atoms with van der Waals surface area (Å²) in [6.45, 7) is 9.55. The van der Waals surface area contributed by atoms with Crippen molar-refractivity contribution in [3.8, 4) is 11.3 Å². The van der Waals surface area contributed by atoms with Crippen LogP contribution in [0.2, 0.25) is 0 Å². The molecule has 0 saturated carbocycles. The van der Waals surface area contributed by atoms with Crippen molar-refractivity contribution < 1.29 is 0 Å². The van der Waals surface area contributed by atoms with Crippen LogP contribution in [0.3, 0.4) is 0 Å². The number of aromatic nitrogens is 2. The van der Waals surface area contributed by atoms with Crippen molar-refractivity contribution in [2.75, 3.05) is 17.2 Å². The van der Waals surface area contributed by atoms with Gasteiger partial charge in [0.1, 0.15) is 5.82 Å². The largest absolute Gasteiger partial charge is 0.370 e. The smallest absolute Gasteiger partial charge is 0.225 e. The van der Waals surface area contributed by atoms with E-state index < -0.39 is 0 Å². The van der Waals surface area contributed by atoms with Crippen molar-refractivity contribution in [3.05, 3.63) is 36.4 Å². The van der Waals surface area contributed by atoms with Crippen molar-refractivity contribution in [2.24, 2.45) is 5.92 Å². The fourth-order valence-electron chi connectivity index (χ4n) is 2.11. The Bertz CT molecular complexity index is 579. The van der Waals surface area contributed by atoms with Gasteiger partial charge in [0, 0.05) is 24.2 Å². The normalized spacial score (nSPS) is 11.0. The van der Waals surface area contributed by atoms with Gasteiger partial charge in [-0.3, -0.25) is 0 Å². The lowest BCUT2D eigenvalue weighted by molar-refractivity contribution is 0.606. The second-order valence-corrected chi connectivity index (χ2v) is 6.24. The summed E-state index contributed by atoms with van der Waals surface area (Å²) in [5.41, 5.74) is 2.04. The summed E-state index contributed by atoms with van der Waals surface area (Å²) >= 11 is 0. The molecular weight excluding hydrogens is 272 g/mol. The number of benzene rings is 1. The molecule has 22 heavy (non-hydrogen) atoms. The SMILES string of the molecule is CC(C)CCNc1cc(-c2ccccc2)nc(NC(C)C)n1. The molecule has 0 unspecified atom stereocenters. The first-order valence-electron chi connectivity index (χ1n) is 7.99. The van der Waals surface area contributed by atoms with E-state index in [-0.39, 0.29) is 0 Å². The number of rotatable bonds is 7. The lowest BCUT2D eigenvalue weighted by atomic mass is 10.1. The lowest BCUT2D eigenvalue weighted by Gasteiger charge is -2.13. The van der Waals surface area contributed by atoms with Gasteiger partial charge in [0.2, 0.25) is 5.95 Å². The van der Waals surface area contributed by atoms with E-state index in [4.69, 9.17) is 0 Å². The summed E-state index contributed by atoms with van der Waals surface area (Å²) in [6.07, 6.45) is 1.12. The van der Waals surface area contributed by atoms with Crippen LogP contribution in [-0.4, -0.2) is 22.6 Å². The summed E-state index contributed by atoms with van der Waals surface area (Å²) in [5, 5.41) is 6.70. The molecule has 4 heteroatoms. The lowest BCUT2D eigenvalue weighted by Crippen LogP contribution is -2.14. The van der Waals surface area contributed by atoms with E-state index in [1.165, 1.54) is 0 Å². The van der Waals surface area contributed by atoms with Gasteiger partial charge in [-0.25, -0.2) is 4.98 Å². The molecule has 0 spiro atoms. The molecule has 2 N–H and O–H groups in total. The minimum absolute atomic E-state index is 0.300. The molecule has 0 fully saturated rings. The average Bonchev–Trinajstić information content (AvgIpc) is 2.47. The van der Waals surface area contributed by atoms with Crippen LogP contribution in [0.15, 0.2) is 36.4 Å². The molecule has 0 radical (unpaired) electrons. The van der Waals surface area contributed by atoms with Gasteiger partial charge in [-0.2, -0.15) is 4.98 Å². The minimum Gasteiger partial charge on any atom is -0.370 e. The number of hydrogen-bond acceptors (Lipinski definition) is 4. The number of hydrogen-bond donors (Lipinski definition) is 2. The summed E-state index contributed by atoms with van der Waals surface area (Å²) < 4.78 is 0. The molecule has 1 heterocycles. The third kappa shape index (κ3) is 5.02. The first kappa shape index (κ1) is 16.3. The van der Waals surface area contributed by atoms with Crippen LogP contribution in [-0.2, 0) is 0 Å². The standard InChI is InChI=1S/C18H26N4/c1-13(2)10-11-19-17-12-16(15-8-6-5-7-9-15)21-18(22-17)20-14(3)4/h5-9,12-14H,10-11H2,1-4H3,(H2,19,20,21,22). The quantitative estimate of drug-likeness (QED) is 0.794. The zero-order valence-corrected chi connectivity index (χ0v) is 13.9. The van der Waals surface area contributed by atoms with Crippen molar-refractivity contribution >= 4 is 11.8 Å². The minimum atomic E-state index is 0.300. The highest BCUT2D eigenvalue weighted by atomic mass is 15.1. The molecule has 1 aromatic heterocycles. The fourth-order valence-corrected chi connectivity index (χ4v) is 2.11. The number of nitrogens with zero attached hydrogens (tertiary/aromatic N) is 2. The average molecular weight is 298 g/mol. The van der Waals surface area contributed by atoms with Crippen molar-refractivity contribution in [2.45, 2.75) is 40.2 Å². The molecule has 0 aliphatic heterocycles. The topological polar surface area (TPSA) is 49.8 Å². The molecule has 0 saturated heterocycles. The zero-order valence-electron chi connectivity index (χ0n) is 13.9. The highest BCUT2D eigenvalue weighted by molar-refractivity contribution is 5.64. The second kappa shape index (κ2) is 7.78. The van der Waals surface area contributed by atoms with E-state index in [2.05, 4.69) is 60.4 Å².